The number of amides is 1. The molecule has 4 rings (SSSR count). The molecule has 0 fully saturated rings. The SMILES string of the molecule is Cc1cc(C)c(NC(=O)c2cccnc2N2CCc3ccccc32)c(C)c1. The van der Waals surface area contributed by atoms with Gasteiger partial charge in [-0.2, -0.15) is 0 Å². The highest BCUT2D eigenvalue weighted by Gasteiger charge is 2.25. The van der Waals surface area contributed by atoms with Gasteiger partial charge in [-0.15, -0.1) is 0 Å². The number of benzene rings is 2. The number of anilines is 3. The molecule has 0 saturated heterocycles. The van der Waals surface area contributed by atoms with Gasteiger partial charge in [0.25, 0.3) is 5.91 Å². The molecule has 0 bridgehead atoms. The minimum absolute atomic E-state index is 0.127. The fourth-order valence-corrected chi connectivity index (χ4v) is 3.91. The number of hydrogen-bond acceptors (Lipinski definition) is 3. The zero-order valence-electron chi connectivity index (χ0n) is 15.9. The third-order valence-corrected chi connectivity index (χ3v) is 5.09. The molecule has 1 aliphatic rings. The standard InChI is InChI=1S/C23H23N3O/c1-15-13-16(2)21(17(3)14-15)25-23(27)19-8-6-11-24-22(19)26-12-10-18-7-4-5-9-20(18)26/h4-9,11,13-14H,10,12H2,1-3H3,(H,25,27). The summed E-state index contributed by atoms with van der Waals surface area (Å²) in [7, 11) is 0. The van der Waals surface area contributed by atoms with Gasteiger partial charge < -0.3 is 10.2 Å². The molecule has 1 aromatic heterocycles. The van der Waals surface area contributed by atoms with Crippen molar-refractivity contribution in [2.24, 2.45) is 0 Å². The van der Waals surface area contributed by atoms with E-state index in [9.17, 15) is 4.79 Å². The van der Waals surface area contributed by atoms with Crippen LogP contribution in [0.1, 0.15) is 32.6 Å². The van der Waals surface area contributed by atoms with Crippen LogP contribution in [0.15, 0.2) is 54.7 Å². The average molecular weight is 357 g/mol. The number of fused-ring (bicyclic) bond motifs is 1. The third kappa shape index (κ3) is 3.19. The van der Waals surface area contributed by atoms with Crippen LogP contribution in [0.3, 0.4) is 0 Å². The smallest absolute Gasteiger partial charge is 0.259 e. The largest absolute Gasteiger partial charge is 0.325 e. The Morgan fingerprint density at radius 1 is 1.04 bits per heavy atom. The highest BCUT2D eigenvalue weighted by Crippen LogP contribution is 2.35. The molecule has 0 spiro atoms. The van der Waals surface area contributed by atoms with E-state index in [1.807, 2.05) is 32.0 Å². The maximum atomic E-state index is 13.1. The highest BCUT2D eigenvalue weighted by molar-refractivity contribution is 6.08. The number of para-hydroxylation sites is 1. The maximum absolute atomic E-state index is 13.1. The van der Waals surface area contributed by atoms with Gasteiger partial charge in [-0.1, -0.05) is 35.9 Å². The van der Waals surface area contributed by atoms with E-state index in [1.54, 1.807) is 6.20 Å². The van der Waals surface area contributed by atoms with Crippen molar-refractivity contribution in [2.75, 3.05) is 16.8 Å². The number of nitrogens with zero attached hydrogens (tertiary/aromatic N) is 2. The Kier molecular flexibility index (Phi) is 4.40. The lowest BCUT2D eigenvalue weighted by Crippen LogP contribution is -2.22. The van der Waals surface area contributed by atoms with Crippen molar-refractivity contribution in [3.05, 3.63) is 82.5 Å². The molecule has 27 heavy (non-hydrogen) atoms. The number of carbonyl (C=O) groups is 1. The van der Waals surface area contributed by atoms with E-state index < -0.39 is 0 Å². The number of carbonyl (C=O) groups excluding carboxylic acids is 1. The van der Waals surface area contributed by atoms with Crippen molar-refractivity contribution in [1.82, 2.24) is 4.98 Å². The second-order valence-corrected chi connectivity index (χ2v) is 7.13. The van der Waals surface area contributed by atoms with E-state index in [0.717, 1.165) is 35.5 Å². The molecule has 1 aliphatic heterocycles. The van der Waals surface area contributed by atoms with Crippen LogP contribution >= 0.6 is 0 Å². The van der Waals surface area contributed by atoms with Crippen LogP contribution in [-0.4, -0.2) is 17.4 Å². The van der Waals surface area contributed by atoms with E-state index in [4.69, 9.17) is 0 Å². The predicted molar refractivity (Wildman–Crippen MR) is 110 cm³/mol. The Bertz CT molecular complexity index is 1000. The van der Waals surface area contributed by atoms with Gasteiger partial charge in [-0.05, 0) is 62.1 Å². The fraction of sp³-hybridized carbons (Fsp3) is 0.217. The molecule has 2 aromatic carbocycles. The van der Waals surface area contributed by atoms with E-state index in [0.29, 0.717) is 11.4 Å². The van der Waals surface area contributed by atoms with Gasteiger partial charge in [0, 0.05) is 24.1 Å². The average Bonchev–Trinajstić information content (AvgIpc) is 3.08. The summed E-state index contributed by atoms with van der Waals surface area (Å²) in [5, 5.41) is 3.10. The number of hydrogen-bond donors (Lipinski definition) is 1. The van der Waals surface area contributed by atoms with Crippen molar-refractivity contribution < 1.29 is 4.79 Å². The molecule has 0 aliphatic carbocycles. The summed E-state index contributed by atoms with van der Waals surface area (Å²) in [4.78, 5) is 19.8. The van der Waals surface area contributed by atoms with E-state index in [-0.39, 0.29) is 5.91 Å². The van der Waals surface area contributed by atoms with E-state index >= 15 is 0 Å². The first-order valence-electron chi connectivity index (χ1n) is 9.24. The molecule has 3 aromatic rings. The molecule has 0 saturated carbocycles. The summed E-state index contributed by atoms with van der Waals surface area (Å²) in [5.74, 6) is 0.583. The van der Waals surface area contributed by atoms with Gasteiger partial charge in [0.05, 0.1) is 5.56 Å². The topological polar surface area (TPSA) is 45.2 Å². The predicted octanol–water partition coefficient (Wildman–Crippen LogP) is 4.95. The highest BCUT2D eigenvalue weighted by atomic mass is 16.1. The second-order valence-electron chi connectivity index (χ2n) is 7.13. The minimum atomic E-state index is -0.127. The van der Waals surface area contributed by atoms with Crippen LogP contribution in [0.5, 0.6) is 0 Å². The molecular formula is C23H23N3O. The van der Waals surface area contributed by atoms with Crippen molar-refractivity contribution in [1.29, 1.82) is 0 Å². The summed E-state index contributed by atoms with van der Waals surface area (Å²) in [6, 6.07) is 16.1. The molecular weight excluding hydrogens is 334 g/mol. The van der Waals surface area contributed by atoms with Crippen molar-refractivity contribution in [3.8, 4) is 0 Å². The molecule has 0 unspecified atom stereocenters. The summed E-state index contributed by atoms with van der Waals surface area (Å²) >= 11 is 0. The molecule has 4 heteroatoms. The van der Waals surface area contributed by atoms with Crippen molar-refractivity contribution in [2.45, 2.75) is 27.2 Å². The second kappa shape index (κ2) is 6.88. The molecule has 1 amide bonds. The Labute approximate surface area is 159 Å². The van der Waals surface area contributed by atoms with Crippen LogP contribution in [0, 0.1) is 20.8 Å². The number of pyridine rings is 1. The number of nitrogens with one attached hydrogen (secondary N) is 1. The Balaban J connectivity index is 1.69. The quantitative estimate of drug-likeness (QED) is 0.721. The van der Waals surface area contributed by atoms with Crippen molar-refractivity contribution in [3.63, 3.8) is 0 Å². The number of aromatic nitrogens is 1. The zero-order chi connectivity index (χ0) is 19.0. The maximum Gasteiger partial charge on any atom is 0.259 e. The lowest BCUT2D eigenvalue weighted by atomic mass is 10.0. The number of rotatable bonds is 3. The van der Waals surface area contributed by atoms with Gasteiger partial charge in [-0.25, -0.2) is 4.98 Å². The minimum Gasteiger partial charge on any atom is -0.325 e. The first-order valence-corrected chi connectivity index (χ1v) is 9.24. The monoisotopic (exact) mass is 357 g/mol. The van der Waals surface area contributed by atoms with Gasteiger partial charge >= 0.3 is 0 Å². The van der Waals surface area contributed by atoms with Crippen LogP contribution in [-0.2, 0) is 6.42 Å². The molecule has 4 nitrogen and oxygen atoms in total. The Morgan fingerprint density at radius 3 is 2.56 bits per heavy atom. The fourth-order valence-electron chi connectivity index (χ4n) is 3.91. The van der Waals surface area contributed by atoms with Crippen LogP contribution in [0.25, 0.3) is 0 Å². The third-order valence-electron chi connectivity index (χ3n) is 5.09. The molecule has 136 valence electrons. The summed E-state index contributed by atoms with van der Waals surface area (Å²) in [5.41, 5.74) is 7.22. The molecule has 2 heterocycles. The van der Waals surface area contributed by atoms with Gasteiger partial charge in [0.1, 0.15) is 5.82 Å². The normalized spacial score (nSPS) is 12.8. The lowest BCUT2D eigenvalue weighted by molar-refractivity contribution is 0.102. The zero-order valence-corrected chi connectivity index (χ0v) is 15.9. The summed E-state index contributed by atoms with van der Waals surface area (Å²) < 4.78 is 0. The van der Waals surface area contributed by atoms with Gasteiger partial charge in [-0.3, -0.25) is 4.79 Å². The first-order chi connectivity index (χ1) is 13.0. The number of aryl methyl sites for hydroxylation is 3. The Morgan fingerprint density at radius 2 is 1.78 bits per heavy atom. The summed E-state index contributed by atoms with van der Waals surface area (Å²) in [6.45, 7) is 6.95. The van der Waals surface area contributed by atoms with Gasteiger partial charge in [0.2, 0.25) is 0 Å². The van der Waals surface area contributed by atoms with Crippen LogP contribution in [0.2, 0.25) is 0 Å². The van der Waals surface area contributed by atoms with Crippen molar-refractivity contribution >= 4 is 23.1 Å². The van der Waals surface area contributed by atoms with E-state index in [2.05, 4.69) is 52.5 Å². The van der Waals surface area contributed by atoms with Crippen LogP contribution in [0.4, 0.5) is 17.2 Å². The Hall–Kier alpha value is -3.14. The van der Waals surface area contributed by atoms with Gasteiger partial charge in [0.15, 0.2) is 0 Å². The molecule has 0 atom stereocenters. The summed E-state index contributed by atoms with van der Waals surface area (Å²) in [6.07, 6.45) is 2.71. The molecule has 0 radical (unpaired) electrons. The molecule has 1 N–H and O–H groups in total. The van der Waals surface area contributed by atoms with E-state index in [1.165, 1.54) is 11.1 Å². The first kappa shape index (κ1) is 17.3. The van der Waals surface area contributed by atoms with Crippen LogP contribution < -0.4 is 10.2 Å². The lowest BCUT2D eigenvalue weighted by Gasteiger charge is -2.21.